The summed E-state index contributed by atoms with van der Waals surface area (Å²) in [6, 6.07) is 0. The van der Waals surface area contributed by atoms with Crippen molar-refractivity contribution in [2.75, 3.05) is 0 Å². The van der Waals surface area contributed by atoms with Crippen molar-refractivity contribution in [3.8, 4) is 0 Å². The smallest absolute Gasteiger partial charge is 0.129 e. The SMILES string of the molecule is C=C1CC[C@H]2C(C)(C)CCC[C@]2(C)[C@@H]1CCC(C)=O. The number of hydrogen-bond donors (Lipinski definition) is 0. The second kappa shape index (κ2) is 5.07. The van der Waals surface area contributed by atoms with E-state index in [9.17, 15) is 4.79 Å². The number of allylic oxidation sites excluding steroid dienone is 1. The van der Waals surface area contributed by atoms with Crippen LogP contribution in [0.25, 0.3) is 0 Å². The minimum Gasteiger partial charge on any atom is -0.300 e. The van der Waals surface area contributed by atoms with Crippen LogP contribution >= 0.6 is 0 Å². The highest BCUT2D eigenvalue weighted by atomic mass is 16.1. The zero-order valence-corrected chi connectivity index (χ0v) is 13.2. The molecular weight excluding hydrogens is 232 g/mol. The fraction of sp³-hybridized carbons (Fsp3) is 0.833. The Bertz CT molecular complexity index is 379. The largest absolute Gasteiger partial charge is 0.300 e. The Hall–Kier alpha value is -0.590. The van der Waals surface area contributed by atoms with Crippen molar-refractivity contribution in [2.24, 2.45) is 22.7 Å². The van der Waals surface area contributed by atoms with E-state index in [0.29, 0.717) is 22.5 Å². The summed E-state index contributed by atoms with van der Waals surface area (Å²) in [5, 5.41) is 0. The van der Waals surface area contributed by atoms with E-state index in [0.717, 1.165) is 18.8 Å². The summed E-state index contributed by atoms with van der Waals surface area (Å²) in [5.41, 5.74) is 2.26. The fourth-order valence-electron chi connectivity index (χ4n) is 5.16. The Labute approximate surface area is 118 Å². The van der Waals surface area contributed by atoms with Crippen molar-refractivity contribution < 1.29 is 4.79 Å². The lowest BCUT2D eigenvalue weighted by molar-refractivity contribution is -0.118. The van der Waals surface area contributed by atoms with E-state index < -0.39 is 0 Å². The first-order valence-electron chi connectivity index (χ1n) is 7.94. The van der Waals surface area contributed by atoms with E-state index in [1.165, 1.54) is 37.7 Å². The molecule has 1 heteroatoms. The van der Waals surface area contributed by atoms with Crippen LogP contribution in [-0.2, 0) is 4.79 Å². The fourth-order valence-corrected chi connectivity index (χ4v) is 5.16. The van der Waals surface area contributed by atoms with Gasteiger partial charge in [0.05, 0.1) is 0 Å². The van der Waals surface area contributed by atoms with Crippen LogP contribution in [-0.4, -0.2) is 5.78 Å². The van der Waals surface area contributed by atoms with Crippen LogP contribution in [0.1, 0.15) is 72.6 Å². The van der Waals surface area contributed by atoms with Gasteiger partial charge in [-0.25, -0.2) is 0 Å². The van der Waals surface area contributed by atoms with Gasteiger partial charge in [0, 0.05) is 6.42 Å². The van der Waals surface area contributed by atoms with Gasteiger partial charge in [-0.05, 0) is 61.7 Å². The van der Waals surface area contributed by atoms with E-state index in [2.05, 4.69) is 27.4 Å². The predicted molar refractivity (Wildman–Crippen MR) is 81.0 cm³/mol. The third kappa shape index (κ3) is 2.66. The van der Waals surface area contributed by atoms with Gasteiger partial charge in [-0.15, -0.1) is 0 Å². The molecule has 2 rings (SSSR count). The van der Waals surface area contributed by atoms with Crippen molar-refractivity contribution in [1.82, 2.24) is 0 Å². The van der Waals surface area contributed by atoms with Crippen LogP contribution in [0.3, 0.4) is 0 Å². The normalized spacial score (nSPS) is 37.8. The quantitative estimate of drug-likeness (QED) is 0.642. The van der Waals surface area contributed by atoms with Crippen LogP contribution in [0.4, 0.5) is 0 Å². The molecule has 1 nitrogen and oxygen atoms in total. The highest BCUT2D eigenvalue weighted by Gasteiger charge is 2.52. The monoisotopic (exact) mass is 262 g/mol. The summed E-state index contributed by atoms with van der Waals surface area (Å²) in [4.78, 5) is 11.4. The first-order chi connectivity index (χ1) is 8.77. The van der Waals surface area contributed by atoms with Gasteiger partial charge in [0.2, 0.25) is 0 Å². The average Bonchev–Trinajstić information content (AvgIpc) is 2.26. The first kappa shape index (κ1) is 14.8. The first-order valence-corrected chi connectivity index (χ1v) is 7.94. The van der Waals surface area contributed by atoms with Crippen LogP contribution in [0.5, 0.6) is 0 Å². The average molecular weight is 262 g/mol. The summed E-state index contributed by atoms with van der Waals surface area (Å²) >= 11 is 0. The zero-order valence-electron chi connectivity index (χ0n) is 13.2. The lowest BCUT2D eigenvalue weighted by Gasteiger charge is -2.58. The van der Waals surface area contributed by atoms with Gasteiger partial charge < -0.3 is 4.79 Å². The van der Waals surface area contributed by atoms with E-state index in [4.69, 9.17) is 0 Å². The zero-order chi connectivity index (χ0) is 14.3. The van der Waals surface area contributed by atoms with Crippen LogP contribution in [0.2, 0.25) is 0 Å². The molecule has 0 aliphatic heterocycles. The Kier molecular flexibility index (Phi) is 3.95. The standard InChI is InChI=1S/C18H30O/c1-13-7-10-16-17(3,4)11-6-12-18(16,5)15(13)9-8-14(2)19/h15-16H,1,6-12H2,2-5H3/t15-,16+,18-/m1/s1. The summed E-state index contributed by atoms with van der Waals surface area (Å²) in [6.45, 7) is 13.4. The molecule has 0 aromatic heterocycles. The van der Waals surface area contributed by atoms with E-state index >= 15 is 0 Å². The molecule has 3 atom stereocenters. The predicted octanol–water partition coefficient (Wildman–Crippen LogP) is 5.15. The Morgan fingerprint density at radius 3 is 2.63 bits per heavy atom. The molecule has 0 spiro atoms. The van der Waals surface area contributed by atoms with Crippen LogP contribution < -0.4 is 0 Å². The molecular formula is C18H30O. The van der Waals surface area contributed by atoms with Gasteiger partial charge >= 0.3 is 0 Å². The summed E-state index contributed by atoms with van der Waals surface area (Å²) < 4.78 is 0. The number of carbonyl (C=O) groups is 1. The minimum absolute atomic E-state index is 0.327. The summed E-state index contributed by atoms with van der Waals surface area (Å²) in [5.74, 6) is 1.69. The number of Topliss-reactive ketones (excluding diaryl/α,β-unsaturated/α-hetero) is 1. The molecule has 0 aromatic carbocycles. The van der Waals surface area contributed by atoms with Gasteiger partial charge in [-0.2, -0.15) is 0 Å². The number of ketones is 1. The van der Waals surface area contributed by atoms with Crippen molar-refractivity contribution >= 4 is 5.78 Å². The second-order valence-electron chi connectivity index (χ2n) is 7.89. The van der Waals surface area contributed by atoms with Gasteiger partial charge in [0.1, 0.15) is 5.78 Å². The summed E-state index contributed by atoms with van der Waals surface area (Å²) in [6.07, 6.45) is 8.25. The Morgan fingerprint density at radius 2 is 2.00 bits per heavy atom. The van der Waals surface area contributed by atoms with E-state index in [1.807, 2.05) is 0 Å². The van der Waals surface area contributed by atoms with Crippen molar-refractivity contribution in [3.63, 3.8) is 0 Å². The maximum absolute atomic E-state index is 11.4. The number of rotatable bonds is 3. The third-order valence-corrected chi connectivity index (χ3v) is 6.10. The van der Waals surface area contributed by atoms with E-state index in [1.54, 1.807) is 6.92 Å². The molecule has 0 heterocycles. The maximum atomic E-state index is 11.4. The molecule has 108 valence electrons. The Balaban J connectivity index is 2.24. The lowest BCUT2D eigenvalue weighted by atomic mass is 9.47. The van der Waals surface area contributed by atoms with Gasteiger partial charge in [0.15, 0.2) is 0 Å². The number of carbonyl (C=O) groups excluding carboxylic acids is 1. The van der Waals surface area contributed by atoms with Crippen molar-refractivity contribution in [3.05, 3.63) is 12.2 Å². The van der Waals surface area contributed by atoms with Crippen LogP contribution in [0.15, 0.2) is 12.2 Å². The molecule has 2 aliphatic rings. The van der Waals surface area contributed by atoms with Crippen molar-refractivity contribution in [2.45, 2.75) is 72.6 Å². The molecule has 2 fully saturated rings. The highest BCUT2D eigenvalue weighted by molar-refractivity contribution is 5.75. The topological polar surface area (TPSA) is 17.1 Å². The molecule has 0 aromatic rings. The molecule has 0 amide bonds. The molecule has 0 bridgehead atoms. The number of hydrogen-bond acceptors (Lipinski definition) is 1. The van der Waals surface area contributed by atoms with E-state index in [-0.39, 0.29) is 0 Å². The molecule has 19 heavy (non-hydrogen) atoms. The minimum atomic E-state index is 0.327. The van der Waals surface area contributed by atoms with Gasteiger partial charge in [-0.3, -0.25) is 0 Å². The maximum Gasteiger partial charge on any atom is 0.129 e. The molecule has 0 N–H and O–H groups in total. The molecule has 0 saturated heterocycles. The lowest BCUT2D eigenvalue weighted by Crippen LogP contribution is -2.49. The van der Waals surface area contributed by atoms with Gasteiger partial charge in [0.25, 0.3) is 0 Å². The van der Waals surface area contributed by atoms with Gasteiger partial charge in [-0.1, -0.05) is 39.3 Å². The summed E-state index contributed by atoms with van der Waals surface area (Å²) in [7, 11) is 0. The molecule has 2 saturated carbocycles. The highest BCUT2D eigenvalue weighted by Crippen LogP contribution is 2.61. The second-order valence-corrected chi connectivity index (χ2v) is 7.89. The number of fused-ring (bicyclic) bond motifs is 1. The van der Waals surface area contributed by atoms with Crippen molar-refractivity contribution in [1.29, 1.82) is 0 Å². The molecule has 0 radical (unpaired) electrons. The molecule has 2 aliphatic carbocycles. The molecule has 0 unspecified atom stereocenters. The third-order valence-electron chi connectivity index (χ3n) is 6.10. The Morgan fingerprint density at radius 1 is 1.32 bits per heavy atom. The van der Waals surface area contributed by atoms with Crippen LogP contribution in [0, 0.1) is 22.7 Å².